The highest BCUT2D eigenvalue weighted by atomic mass is 16.3. The number of fused-ring (bicyclic) bond motifs is 1. The molecule has 1 N–H and O–H groups in total. The van der Waals surface area contributed by atoms with E-state index >= 15 is 0 Å². The average Bonchev–Trinajstić information content (AvgIpc) is 2.45. The van der Waals surface area contributed by atoms with Crippen molar-refractivity contribution in [2.45, 2.75) is 25.9 Å². The molecule has 0 spiro atoms. The van der Waals surface area contributed by atoms with Crippen LogP contribution in [-0.2, 0) is 0 Å². The summed E-state index contributed by atoms with van der Waals surface area (Å²) < 4.78 is 0. The smallest absolute Gasteiger partial charge is 0.0974 e. The second-order valence-corrected chi connectivity index (χ2v) is 3.16. The monoisotopic (exact) mass is 148 g/mol. The lowest BCUT2D eigenvalue weighted by Crippen LogP contribution is -2.10. The predicted molar refractivity (Wildman–Crippen MR) is 45.2 cm³/mol. The summed E-state index contributed by atoms with van der Waals surface area (Å²) in [5.74, 6) is 0. The van der Waals surface area contributed by atoms with Crippen LogP contribution >= 0.6 is 0 Å². The third kappa shape index (κ3) is 0.962. The van der Waals surface area contributed by atoms with Crippen LogP contribution in [0.4, 0.5) is 0 Å². The van der Waals surface area contributed by atoms with Crippen LogP contribution in [0.25, 0.3) is 0 Å². The lowest BCUT2D eigenvalue weighted by molar-refractivity contribution is 0.260. The van der Waals surface area contributed by atoms with Gasteiger partial charge in [0.05, 0.1) is 6.10 Å². The van der Waals surface area contributed by atoms with Gasteiger partial charge in [-0.2, -0.15) is 0 Å². The largest absolute Gasteiger partial charge is 0.384 e. The van der Waals surface area contributed by atoms with Crippen LogP contribution < -0.4 is 0 Å². The van der Waals surface area contributed by atoms with E-state index in [0.717, 1.165) is 18.4 Å². The van der Waals surface area contributed by atoms with E-state index in [1.54, 1.807) is 0 Å². The second kappa shape index (κ2) is 2.35. The molecule has 1 heteroatoms. The van der Waals surface area contributed by atoms with Gasteiger partial charge < -0.3 is 5.11 Å². The van der Waals surface area contributed by atoms with E-state index in [1.165, 1.54) is 11.1 Å². The molecule has 0 bridgehead atoms. The maximum absolute atomic E-state index is 9.51. The van der Waals surface area contributed by atoms with E-state index in [0.29, 0.717) is 0 Å². The van der Waals surface area contributed by atoms with Gasteiger partial charge in [-0.25, -0.2) is 0 Å². The molecular weight excluding hydrogens is 136 g/mol. The normalized spacial score (nSPS) is 28.9. The van der Waals surface area contributed by atoms with Gasteiger partial charge in [-0.15, -0.1) is 0 Å². The molecule has 0 radical (unpaired) electrons. The van der Waals surface area contributed by atoms with Gasteiger partial charge in [0, 0.05) is 0 Å². The number of allylic oxidation sites excluding steroid dienone is 3. The summed E-state index contributed by atoms with van der Waals surface area (Å²) in [6, 6.07) is 0. The third-order valence-corrected chi connectivity index (χ3v) is 2.43. The maximum Gasteiger partial charge on any atom is 0.0974 e. The molecule has 0 saturated heterocycles. The van der Waals surface area contributed by atoms with Crippen LogP contribution in [0.1, 0.15) is 19.8 Å². The van der Waals surface area contributed by atoms with Gasteiger partial charge in [0.15, 0.2) is 0 Å². The molecule has 0 heterocycles. The summed E-state index contributed by atoms with van der Waals surface area (Å²) in [5, 5.41) is 9.51. The fourth-order valence-electron chi connectivity index (χ4n) is 1.80. The Kier molecular flexibility index (Phi) is 1.46. The topological polar surface area (TPSA) is 20.2 Å². The fourth-order valence-corrected chi connectivity index (χ4v) is 1.80. The Morgan fingerprint density at radius 1 is 1.55 bits per heavy atom. The molecule has 1 nitrogen and oxygen atoms in total. The number of aliphatic hydroxyl groups is 1. The predicted octanol–water partition coefficient (Wildman–Crippen LogP) is 1.95. The first kappa shape index (κ1) is 6.86. The highest BCUT2D eigenvalue weighted by Gasteiger charge is 2.21. The summed E-state index contributed by atoms with van der Waals surface area (Å²) in [6.45, 7) is 2.11. The van der Waals surface area contributed by atoms with E-state index in [4.69, 9.17) is 0 Å². The molecule has 2 aliphatic carbocycles. The number of rotatable bonds is 0. The van der Waals surface area contributed by atoms with Crippen LogP contribution in [0.5, 0.6) is 0 Å². The van der Waals surface area contributed by atoms with Crippen LogP contribution in [0.3, 0.4) is 0 Å². The molecule has 0 aromatic carbocycles. The molecule has 2 aliphatic rings. The van der Waals surface area contributed by atoms with Crippen LogP contribution in [0.2, 0.25) is 0 Å². The average molecular weight is 148 g/mol. The first-order valence-corrected chi connectivity index (χ1v) is 4.05. The second-order valence-electron chi connectivity index (χ2n) is 3.16. The molecule has 0 aromatic rings. The number of hydrogen-bond donors (Lipinski definition) is 1. The zero-order chi connectivity index (χ0) is 7.84. The fraction of sp³-hybridized carbons (Fsp3) is 0.400. The SMILES string of the molecule is CC1=C2CCC=C2C(O)C=C1. The van der Waals surface area contributed by atoms with E-state index < -0.39 is 0 Å². The molecule has 0 aromatic heterocycles. The number of aliphatic hydroxyl groups excluding tert-OH is 1. The molecule has 0 aliphatic heterocycles. The minimum absolute atomic E-state index is 0.337. The Balaban J connectivity index is 2.46. The lowest BCUT2D eigenvalue weighted by Gasteiger charge is -2.16. The van der Waals surface area contributed by atoms with Crippen molar-refractivity contribution in [2.24, 2.45) is 0 Å². The van der Waals surface area contributed by atoms with Crippen molar-refractivity contribution in [1.29, 1.82) is 0 Å². The minimum Gasteiger partial charge on any atom is -0.384 e. The molecule has 58 valence electrons. The van der Waals surface area contributed by atoms with E-state index in [1.807, 2.05) is 12.2 Å². The van der Waals surface area contributed by atoms with Crippen molar-refractivity contribution in [3.63, 3.8) is 0 Å². The molecular formula is C10H12O. The Morgan fingerprint density at radius 3 is 3.09 bits per heavy atom. The summed E-state index contributed by atoms with van der Waals surface area (Å²) in [7, 11) is 0. The summed E-state index contributed by atoms with van der Waals surface area (Å²) in [5.41, 5.74) is 3.82. The molecule has 0 fully saturated rings. The number of hydrogen-bond acceptors (Lipinski definition) is 1. The highest BCUT2D eigenvalue weighted by molar-refractivity contribution is 5.50. The van der Waals surface area contributed by atoms with Crippen LogP contribution in [0, 0.1) is 0 Å². The molecule has 1 atom stereocenters. The summed E-state index contributed by atoms with van der Waals surface area (Å²) in [6.07, 6.45) is 7.89. The minimum atomic E-state index is -0.337. The Morgan fingerprint density at radius 2 is 2.36 bits per heavy atom. The Labute approximate surface area is 66.7 Å². The van der Waals surface area contributed by atoms with Gasteiger partial charge >= 0.3 is 0 Å². The van der Waals surface area contributed by atoms with E-state index in [9.17, 15) is 5.11 Å². The maximum atomic E-state index is 9.51. The molecule has 11 heavy (non-hydrogen) atoms. The van der Waals surface area contributed by atoms with Crippen molar-refractivity contribution in [1.82, 2.24) is 0 Å². The quantitative estimate of drug-likeness (QED) is 0.556. The zero-order valence-corrected chi connectivity index (χ0v) is 6.67. The summed E-state index contributed by atoms with van der Waals surface area (Å²) >= 11 is 0. The van der Waals surface area contributed by atoms with Gasteiger partial charge in [-0.05, 0) is 36.5 Å². The van der Waals surface area contributed by atoms with Crippen LogP contribution in [-0.4, -0.2) is 11.2 Å². The molecule has 0 saturated carbocycles. The van der Waals surface area contributed by atoms with Gasteiger partial charge in [0.25, 0.3) is 0 Å². The van der Waals surface area contributed by atoms with Crippen molar-refractivity contribution in [3.05, 3.63) is 34.9 Å². The zero-order valence-electron chi connectivity index (χ0n) is 6.67. The molecule has 2 rings (SSSR count). The third-order valence-electron chi connectivity index (χ3n) is 2.43. The van der Waals surface area contributed by atoms with Crippen molar-refractivity contribution >= 4 is 0 Å². The van der Waals surface area contributed by atoms with E-state index in [2.05, 4.69) is 13.0 Å². The Bertz CT molecular complexity index is 269. The van der Waals surface area contributed by atoms with Gasteiger partial charge in [0.2, 0.25) is 0 Å². The summed E-state index contributed by atoms with van der Waals surface area (Å²) in [4.78, 5) is 0. The Hall–Kier alpha value is -0.820. The van der Waals surface area contributed by atoms with Crippen molar-refractivity contribution in [3.8, 4) is 0 Å². The molecule has 0 amide bonds. The molecule has 1 unspecified atom stereocenters. The lowest BCUT2D eigenvalue weighted by atomic mass is 9.93. The van der Waals surface area contributed by atoms with Crippen molar-refractivity contribution in [2.75, 3.05) is 0 Å². The van der Waals surface area contributed by atoms with Gasteiger partial charge in [-0.3, -0.25) is 0 Å². The first-order chi connectivity index (χ1) is 5.29. The standard InChI is InChI=1S/C10H12O/c1-7-5-6-10(11)9-4-2-3-8(7)9/h4-6,10-11H,2-3H2,1H3. The first-order valence-electron chi connectivity index (χ1n) is 4.05. The van der Waals surface area contributed by atoms with Crippen molar-refractivity contribution < 1.29 is 5.11 Å². The van der Waals surface area contributed by atoms with Gasteiger partial charge in [0.1, 0.15) is 0 Å². The van der Waals surface area contributed by atoms with Crippen LogP contribution in [0.15, 0.2) is 34.9 Å². The van der Waals surface area contributed by atoms with Gasteiger partial charge in [-0.1, -0.05) is 18.2 Å². The van der Waals surface area contributed by atoms with E-state index in [-0.39, 0.29) is 6.10 Å². The highest BCUT2D eigenvalue weighted by Crippen LogP contribution is 2.33.